The first-order valence-corrected chi connectivity index (χ1v) is 10.4. The molecule has 1 aromatic heterocycles. The molecule has 1 aliphatic rings. The average Bonchev–Trinajstić information content (AvgIpc) is 2.88. The van der Waals surface area contributed by atoms with Crippen LogP contribution in [0.15, 0.2) is 54.6 Å². The Morgan fingerprint density at radius 2 is 1.59 bits per heavy atom. The topological polar surface area (TPSA) is 77.0 Å². The van der Waals surface area contributed by atoms with Gasteiger partial charge in [0.15, 0.2) is 17.3 Å². The van der Waals surface area contributed by atoms with Crippen LogP contribution in [0.2, 0.25) is 0 Å². The van der Waals surface area contributed by atoms with Crippen LogP contribution in [0.5, 0.6) is 17.2 Å². The third kappa shape index (κ3) is 4.44. The minimum absolute atomic E-state index is 0.0124. The Labute approximate surface area is 187 Å². The molecule has 2 aromatic carbocycles. The van der Waals surface area contributed by atoms with Crippen LogP contribution >= 0.6 is 0 Å². The molecule has 8 heteroatoms. The Morgan fingerprint density at radius 1 is 0.812 bits per heavy atom. The molecule has 1 aliphatic heterocycles. The maximum Gasteiger partial charge on any atom is 0.254 e. The minimum atomic E-state index is 0.0124. The standard InChI is InChI=1S/C24H26N4O4/c1-30-19-6-4-5-18(15-19)24(29)28-13-11-27(12-14-28)23-10-8-20(25-26-23)17-7-9-21(31-2)22(16-17)32-3/h4-10,15-16H,11-14H2,1-3H3. The number of nitrogens with zero attached hydrogens (tertiary/aromatic N) is 4. The molecule has 0 bridgehead atoms. The van der Waals surface area contributed by atoms with Crippen LogP contribution in [0.3, 0.4) is 0 Å². The van der Waals surface area contributed by atoms with Crippen molar-refractivity contribution in [3.05, 3.63) is 60.2 Å². The second-order valence-electron chi connectivity index (χ2n) is 7.36. The zero-order chi connectivity index (χ0) is 22.5. The van der Waals surface area contributed by atoms with Gasteiger partial charge in [0, 0.05) is 37.3 Å². The van der Waals surface area contributed by atoms with Gasteiger partial charge in [0.1, 0.15) is 5.75 Å². The third-order valence-electron chi connectivity index (χ3n) is 5.54. The first-order chi connectivity index (χ1) is 15.6. The molecule has 1 amide bonds. The molecule has 2 heterocycles. The first kappa shape index (κ1) is 21.4. The summed E-state index contributed by atoms with van der Waals surface area (Å²) < 4.78 is 15.9. The van der Waals surface area contributed by atoms with Crippen LogP contribution in [-0.4, -0.2) is 68.5 Å². The number of ether oxygens (including phenoxy) is 3. The van der Waals surface area contributed by atoms with E-state index in [-0.39, 0.29) is 5.91 Å². The lowest BCUT2D eigenvalue weighted by Crippen LogP contribution is -2.49. The highest BCUT2D eigenvalue weighted by Gasteiger charge is 2.23. The van der Waals surface area contributed by atoms with E-state index in [1.54, 1.807) is 27.4 Å². The lowest BCUT2D eigenvalue weighted by Gasteiger charge is -2.35. The van der Waals surface area contributed by atoms with Gasteiger partial charge in [-0.05, 0) is 48.5 Å². The molecule has 0 N–H and O–H groups in total. The summed E-state index contributed by atoms with van der Waals surface area (Å²) in [5.41, 5.74) is 2.29. The molecule has 0 radical (unpaired) electrons. The van der Waals surface area contributed by atoms with Crippen LogP contribution in [0.25, 0.3) is 11.3 Å². The molecule has 3 aromatic rings. The third-order valence-corrected chi connectivity index (χ3v) is 5.54. The van der Waals surface area contributed by atoms with Gasteiger partial charge in [0.2, 0.25) is 0 Å². The van der Waals surface area contributed by atoms with Gasteiger partial charge in [-0.15, -0.1) is 10.2 Å². The van der Waals surface area contributed by atoms with Gasteiger partial charge in [-0.1, -0.05) is 6.07 Å². The van der Waals surface area contributed by atoms with Crippen molar-refractivity contribution in [2.24, 2.45) is 0 Å². The molecule has 1 fully saturated rings. The number of hydrogen-bond donors (Lipinski definition) is 0. The van der Waals surface area contributed by atoms with Crippen LogP contribution in [0, 0.1) is 0 Å². The van der Waals surface area contributed by atoms with E-state index < -0.39 is 0 Å². The van der Waals surface area contributed by atoms with Crippen molar-refractivity contribution < 1.29 is 19.0 Å². The normalized spacial score (nSPS) is 13.6. The van der Waals surface area contributed by atoms with Crippen LogP contribution in [0.1, 0.15) is 10.4 Å². The molecule has 0 atom stereocenters. The largest absolute Gasteiger partial charge is 0.497 e. The minimum Gasteiger partial charge on any atom is -0.497 e. The average molecular weight is 434 g/mol. The van der Waals surface area contributed by atoms with Crippen molar-refractivity contribution >= 4 is 11.7 Å². The summed E-state index contributed by atoms with van der Waals surface area (Å²) in [6.45, 7) is 2.63. The maximum absolute atomic E-state index is 12.8. The highest BCUT2D eigenvalue weighted by atomic mass is 16.5. The van der Waals surface area contributed by atoms with Crippen LogP contribution in [-0.2, 0) is 0 Å². The number of carbonyl (C=O) groups excluding carboxylic acids is 1. The van der Waals surface area contributed by atoms with Gasteiger partial charge in [0.05, 0.1) is 27.0 Å². The fraction of sp³-hybridized carbons (Fsp3) is 0.292. The Hall–Kier alpha value is -3.81. The predicted octanol–water partition coefficient (Wildman–Crippen LogP) is 3.13. The molecule has 32 heavy (non-hydrogen) atoms. The molecule has 1 saturated heterocycles. The molecule has 4 rings (SSSR count). The number of aromatic nitrogens is 2. The Bertz CT molecular complexity index is 1080. The molecule has 0 spiro atoms. The van der Waals surface area contributed by atoms with Gasteiger partial charge >= 0.3 is 0 Å². The van der Waals surface area contributed by atoms with E-state index >= 15 is 0 Å². The number of rotatable bonds is 6. The highest BCUT2D eigenvalue weighted by Crippen LogP contribution is 2.31. The van der Waals surface area contributed by atoms with Crippen molar-refractivity contribution in [3.8, 4) is 28.5 Å². The van der Waals surface area contributed by atoms with E-state index in [2.05, 4.69) is 15.1 Å². The van der Waals surface area contributed by atoms with E-state index in [4.69, 9.17) is 14.2 Å². The van der Waals surface area contributed by atoms with E-state index in [1.807, 2.05) is 53.4 Å². The monoisotopic (exact) mass is 434 g/mol. The van der Waals surface area contributed by atoms with E-state index in [1.165, 1.54) is 0 Å². The van der Waals surface area contributed by atoms with Crippen molar-refractivity contribution in [2.75, 3.05) is 52.4 Å². The maximum atomic E-state index is 12.8. The summed E-state index contributed by atoms with van der Waals surface area (Å²) in [4.78, 5) is 16.8. The fourth-order valence-electron chi connectivity index (χ4n) is 3.72. The highest BCUT2D eigenvalue weighted by molar-refractivity contribution is 5.94. The predicted molar refractivity (Wildman–Crippen MR) is 122 cm³/mol. The van der Waals surface area contributed by atoms with Gasteiger partial charge < -0.3 is 24.0 Å². The lowest BCUT2D eigenvalue weighted by molar-refractivity contribution is 0.0746. The number of hydrogen-bond acceptors (Lipinski definition) is 7. The SMILES string of the molecule is COc1cccc(C(=O)N2CCN(c3ccc(-c4ccc(OC)c(OC)c4)nn3)CC2)c1. The number of carbonyl (C=O) groups is 1. The van der Waals surface area contributed by atoms with Crippen molar-refractivity contribution in [1.29, 1.82) is 0 Å². The first-order valence-electron chi connectivity index (χ1n) is 10.4. The van der Waals surface area contributed by atoms with Crippen LogP contribution < -0.4 is 19.1 Å². The van der Waals surface area contributed by atoms with E-state index in [9.17, 15) is 4.79 Å². The van der Waals surface area contributed by atoms with E-state index in [0.717, 1.165) is 17.1 Å². The number of piperazine rings is 1. The molecule has 0 unspecified atom stereocenters. The van der Waals surface area contributed by atoms with Gasteiger partial charge in [-0.25, -0.2) is 0 Å². The molecular formula is C24H26N4O4. The van der Waals surface area contributed by atoms with Gasteiger partial charge in [0.25, 0.3) is 5.91 Å². The number of methoxy groups -OCH3 is 3. The molecule has 166 valence electrons. The summed E-state index contributed by atoms with van der Waals surface area (Å²) in [7, 11) is 4.81. The summed E-state index contributed by atoms with van der Waals surface area (Å²) >= 11 is 0. The second-order valence-corrected chi connectivity index (χ2v) is 7.36. The molecular weight excluding hydrogens is 408 g/mol. The molecule has 0 aliphatic carbocycles. The van der Waals surface area contributed by atoms with Crippen LogP contribution in [0.4, 0.5) is 5.82 Å². The number of amides is 1. The van der Waals surface area contributed by atoms with Crippen molar-refractivity contribution in [3.63, 3.8) is 0 Å². The molecule has 8 nitrogen and oxygen atoms in total. The summed E-state index contributed by atoms with van der Waals surface area (Å²) in [5.74, 6) is 2.80. The molecule has 0 saturated carbocycles. The Balaban J connectivity index is 1.40. The Kier molecular flexibility index (Phi) is 6.39. The number of benzene rings is 2. The quantitative estimate of drug-likeness (QED) is 0.590. The summed E-state index contributed by atoms with van der Waals surface area (Å²) in [6.07, 6.45) is 0. The number of anilines is 1. The smallest absolute Gasteiger partial charge is 0.254 e. The summed E-state index contributed by atoms with van der Waals surface area (Å²) in [5, 5.41) is 8.80. The van der Waals surface area contributed by atoms with E-state index in [0.29, 0.717) is 49.0 Å². The van der Waals surface area contributed by atoms with Crippen molar-refractivity contribution in [2.45, 2.75) is 0 Å². The zero-order valence-corrected chi connectivity index (χ0v) is 18.4. The lowest BCUT2D eigenvalue weighted by atomic mass is 10.1. The summed E-state index contributed by atoms with van der Waals surface area (Å²) in [6, 6.07) is 16.8. The van der Waals surface area contributed by atoms with Gasteiger partial charge in [-0.3, -0.25) is 4.79 Å². The fourth-order valence-corrected chi connectivity index (χ4v) is 3.72. The second kappa shape index (κ2) is 9.55. The van der Waals surface area contributed by atoms with Gasteiger partial charge in [-0.2, -0.15) is 0 Å². The Morgan fingerprint density at radius 3 is 2.25 bits per heavy atom. The zero-order valence-electron chi connectivity index (χ0n) is 18.4. The van der Waals surface area contributed by atoms with Crippen molar-refractivity contribution in [1.82, 2.24) is 15.1 Å².